The van der Waals surface area contributed by atoms with Crippen molar-refractivity contribution in [3.63, 3.8) is 0 Å². The predicted octanol–water partition coefficient (Wildman–Crippen LogP) is 4.08. The number of aromatic nitrogens is 2. The Labute approximate surface area is 172 Å². The topological polar surface area (TPSA) is 53.4 Å². The van der Waals surface area contributed by atoms with Crippen molar-refractivity contribution < 1.29 is 4.79 Å². The molecule has 0 radical (unpaired) electrons. The first kappa shape index (κ1) is 20.6. The van der Waals surface area contributed by atoms with E-state index in [2.05, 4.69) is 15.3 Å². The molecule has 2 aromatic carbocycles. The van der Waals surface area contributed by atoms with Crippen LogP contribution in [0.1, 0.15) is 17.0 Å². The summed E-state index contributed by atoms with van der Waals surface area (Å²) in [5.41, 5.74) is 4.81. The summed E-state index contributed by atoms with van der Waals surface area (Å²) < 4.78 is 1.89. The Morgan fingerprint density at radius 3 is 2.41 bits per heavy atom. The highest BCUT2D eigenvalue weighted by atomic mass is 16.2. The van der Waals surface area contributed by atoms with Crippen molar-refractivity contribution >= 4 is 11.7 Å². The molecular weight excluding hydrogens is 362 g/mol. The molecule has 0 spiro atoms. The molecule has 0 fully saturated rings. The molecule has 152 valence electrons. The average molecular weight is 392 g/mol. The molecule has 0 atom stereocenters. The van der Waals surface area contributed by atoms with Crippen LogP contribution in [0.2, 0.25) is 0 Å². The van der Waals surface area contributed by atoms with Crippen molar-refractivity contribution in [1.82, 2.24) is 19.6 Å². The zero-order valence-corrected chi connectivity index (χ0v) is 17.6. The molecule has 0 aliphatic carbocycles. The summed E-state index contributed by atoms with van der Waals surface area (Å²) in [7, 11) is 4.02. The van der Waals surface area contributed by atoms with E-state index >= 15 is 0 Å². The summed E-state index contributed by atoms with van der Waals surface area (Å²) in [6, 6.07) is 19.8. The minimum atomic E-state index is -0.110. The van der Waals surface area contributed by atoms with Crippen LogP contribution in [-0.4, -0.2) is 52.8 Å². The summed E-state index contributed by atoms with van der Waals surface area (Å²) in [4.78, 5) is 16.9. The van der Waals surface area contributed by atoms with Crippen molar-refractivity contribution in [2.75, 3.05) is 32.5 Å². The van der Waals surface area contributed by atoms with Crippen molar-refractivity contribution in [2.45, 2.75) is 20.4 Å². The summed E-state index contributed by atoms with van der Waals surface area (Å²) in [6.07, 6.45) is 0. The van der Waals surface area contributed by atoms with E-state index in [1.54, 1.807) is 0 Å². The Kier molecular flexibility index (Phi) is 6.67. The number of carbonyl (C=O) groups excluding carboxylic acids is 1. The number of hydrogen-bond acceptors (Lipinski definition) is 3. The van der Waals surface area contributed by atoms with Crippen molar-refractivity contribution in [3.8, 4) is 5.69 Å². The van der Waals surface area contributed by atoms with Gasteiger partial charge in [0.15, 0.2) is 0 Å². The fraction of sp³-hybridized carbons (Fsp3) is 0.304. The van der Waals surface area contributed by atoms with Crippen LogP contribution in [0.25, 0.3) is 5.69 Å². The largest absolute Gasteiger partial charge is 0.322 e. The molecule has 3 rings (SSSR count). The van der Waals surface area contributed by atoms with Crippen LogP contribution in [0.5, 0.6) is 0 Å². The zero-order valence-electron chi connectivity index (χ0n) is 17.6. The number of aryl methyl sites for hydroxylation is 2. The molecule has 1 aromatic heterocycles. The molecule has 2 amide bonds. The highest BCUT2D eigenvalue weighted by Gasteiger charge is 2.15. The van der Waals surface area contributed by atoms with Gasteiger partial charge in [0.1, 0.15) is 0 Å². The quantitative estimate of drug-likeness (QED) is 0.660. The van der Waals surface area contributed by atoms with Crippen molar-refractivity contribution in [2.24, 2.45) is 0 Å². The van der Waals surface area contributed by atoms with Crippen LogP contribution < -0.4 is 5.32 Å². The van der Waals surface area contributed by atoms with Gasteiger partial charge in [-0.2, -0.15) is 5.10 Å². The Balaban J connectivity index is 1.76. The number of nitrogens with zero attached hydrogens (tertiary/aromatic N) is 4. The number of carbonyl (C=O) groups is 1. The van der Waals surface area contributed by atoms with Crippen molar-refractivity contribution in [1.29, 1.82) is 0 Å². The molecule has 1 heterocycles. The van der Waals surface area contributed by atoms with Crippen LogP contribution >= 0.6 is 0 Å². The minimum Gasteiger partial charge on any atom is -0.319 e. The molecule has 0 bridgehead atoms. The van der Waals surface area contributed by atoms with E-state index in [0.29, 0.717) is 13.1 Å². The highest BCUT2D eigenvalue weighted by Crippen LogP contribution is 2.17. The van der Waals surface area contributed by atoms with E-state index in [1.165, 1.54) is 0 Å². The second kappa shape index (κ2) is 9.39. The van der Waals surface area contributed by atoms with Crippen LogP contribution in [0, 0.1) is 13.8 Å². The van der Waals surface area contributed by atoms with Crippen LogP contribution in [0.4, 0.5) is 10.5 Å². The van der Waals surface area contributed by atoms with E-state index in [9.17, 15) is 4.79 Å². The molecule has 1 N–H and O–H groups in total. The second-order valence-electron chi connectivity index (χ2n) is 7.53. The van der Waals surface area contributed by atoms with Crippen LogP contribution in [0.15, 0.2) is 60.7 Å². The lowest BCUT2D eigenvalue weighted by Gasteiger charge is -2.25. The molecule has 0 saturated carbocycles. The minimum absolute atomic E-state index is 0.110. The van der Waals surface area contributed by atoms with E-state index in [-0.39, 0.29) is 6.03 Å². The van der Waals surface area contributed by atoms with Gasteiger partial charge < -0.3 is 15.1 Å². The molecule has 6 nitrogen and oxygen atoms in total. The summed E-state index contributed by atoms with van der Waals surface area (Å²) in [6.45, 7) is 6.00. The third-order valence-corrected chi connectivity index (χ3v) is 4.67. The molecule has 0 saturated heterocycles. The Morgan fingerprint density at radius 1 is 1.00 bits per heavy atom. The second-order valence-corrected chi connectivity index (χ2v) is 7.53. The molecular formula is C23H29N5O. The van der Waals surface area contributed by atoms with E-state index < -0.39 is 0 Å². The zero-order chi connectivity index (χ0) is 20.8. The first-order chi connectivity index (χ1) is 13.9. The molecule has 0 unspecified atom stereocenters. The molecule has 3 aromatic rings. The maximum absolute atomic E-state index is 13.0. The lowest BCUT2D eigenvalue weighted by molar-refractivity contribution is 0.202. The summed E-state index contributed by atoms with van der Waals surface area (Å²) in [5, 5.41) is 7.58. The number of nitrogens with one attached hydrogen (secondary N) is 1. The molecule has 6 heteroatoms. The number of anilines is 1. The average Bonchev–Trinajstić information content (AvgIpc) is 3.04. The maximum Gasteiger partial charge on any atom is 0.322 e. The number of urea groups is 1. The van der Waals surface area contributed by atoms with Gasteiger partial charge in [-0.25, -0.2) is 9.48 Å². The molecule has 0 aliphatic rings. The predicted molar refractivity (Wildman–Crippen MR) is 117 cm³/mol. The summed E-state index contributed by atoms with van der Waals surface area (Å²) in [5.74, 6) is 0. The smallest absolute Gasteiger partial charge is 0.319 e. The van der Waals surface area contributed by atoms with Gasteiger partial charge in [0, 0.05) is 31.0 Å². The van der Waals surface area contributed by atoms with Gasteiger partial charge in [-0.15, -0.1) is 0 Å². The number of likely N-dealkylation sites (N-methyl/N-ethyl adjacent to an activating group) is 1. The maximum atomic E-state index is 13.0. The van der Waals surface area contributed by atoms with Gasteiger partial charge in [-0.3, -0.25) is 0 Å². The fourth-order valence-electron chi connectivity index (χ4n) is 3.19. The highest BCUT2D eigenvalue weighted by molar-refractivity contribution is 5.89. The van der Waals surface area contributed by atoms with E-state index in [1.807, 2.05) is 98.2 Å². The first-order valence-corrected chi connectivity index (χ1v) is 9.80. The SMILES string of the molecule is Cc1cc(C)n(-c2cccc(NC(=O)N(CCN(C)C)Cc3ccccc3)c2)n1. The lowest BCUT2D eigenvalue weighted by Crippen LogP contribution is -2.39. The van der Waals surface area contributed by atoms with Gasteiger partial charge in [0.25, 0.3) is 0 Å². The number of hydrogen-bond donors (Lipinski definition) is 1. The van der Waals surface area contributed by atoms with Crippen LogP contribution in [0.3, 0.4) is 0 Å². The van der Waals surface area contributed by atoms with Crippen LogP contribution in [-0.2, 0) is 6.54 Å². The van der Waals surface area contributed by atoms with E-state index in [4.69, 9.17) is 0 Å². The Hall–Kier alpha value is -3.12. The Bertz CT molecular complexity index is 949. The lowest BCUT2D eigenvalue weighted by atomic mass is 10.2. The number of benzene rings is 2. The van der Waals surface area contributed by atoms with Crippen molar-refractivity contribution in [3.05, 3.63) is 77.6 Å². The van der Waals surface area contributed by atoms with Gasteiger partial charge in [0.2, 0.25) is 0 Å². The fourth-order valence-corrected chi connectivity index (χ4v) is 3.19. The number of amides is 2. The standard InChI is InChI=1S/C23H29N5O/c1-18-15-19(2)28(25-18)22-12-8-11-21(16-22)24-23(29)27(14-13-26(3)4)17-20-9-6-5-7-10-20/h5-12,15-16H,13-14,17H2,1-4H3,(H,24,29). The summed E-state index contributed by atoms with van der Waals surface area (Å²) >= 11 is 0. The molecule has 0 aliphatic heterocycles. The van der Waals surface area contributed by atoms with Gasteiger partial charge in [-0.05, 0) is 57.8 Å². The Morgan fingerprint density at radius 2 is 1.76 bits per heavy atom. The molecule has 29 heavy (non-hydrogen) atoms. The monoisotopic (exact) mass is 391 g/mol. The van der Waals surface area contributed by atoms with E-state index in [0.717, 1.165) is 34.9 Å². The normalized spacial score (nSPS) is 10.9. The third kappa shape index (κ3) is 5.68. The van der Waals surface area contributed by atoms with Gasteiger partial charge >= 0.3 is 6.03 Å². The van der Waals surface area contributed by atoms with Gasteiger partial charge in [-0.1, -0.05) is 36.4 Å². The third-order valence-electron chi connectivity index (χ3n) is 4.67. The first-order valence-electron chi connectivity index (χ1n) is 9.80. The van der Waals surface area contributed by atoms with Gasteiger partial charge in [0.05, 0.1) is 11.4 Å². The number of rotatable bonds is 7.